The number of guanidine groups is 1. The number of rotatable bonds is 7. The number of ether oxygens (including phenoxy) is 2. The van der Waals surface area contributed by atoms with Crippen molar-refractivity contribution in [2.45, 2.75) is 38.8 Å². The lowest BCUT2D eigenvalue weighted by Crippen LogP contribution is -2.49. The Morgan fingerprint density at radius 1 is 1.12 bits per heavy atom. The molecule has 1 unspecified atom stereocenters. The van der Waals surface area contributed by atoms with E-state index in [-0.39, 0.29) is 24.0 Å². The zero-order chi connectivity index (χ0) is 22.2. The molecule has 1 atom stereocenters. The lowest BCUT2D eigenvalue weighted by atomic mass is 10.0. The summed E-state index contributed by atoms with van der Waals surface area (Å²) in [5, 5.41) is 7.08. The highest BCUT2D eigenvalue weighted by molar-refractivity contribution is 14.0. The van der Waals surface area contributed by atoms with E-state index in [0.717, 1.165) is 68.1 Å². The first-order chi connectivity index (χ1) is 15.7. The van der Waals surface area contributed by atoms with Crippen LogP contribution in [0.25, 0.3) is 0 Å². The quantitative estimate of drug-likeness (QED) is 0.293. The molecule has 2 aromatic rings. The number of halogens is 1. The standard InChI is InChI=1S/C26H36N4O2.HI/c1-20-6-5-8-24(16-20)32-25-9-4-3-7-22(25)17-28-26(27-2)29-23-10-13-30(14-11-23)18-21-12-15-31-19-21;/h3-9,16,21,23H,10-15,17-19H2,1-2H3,(H2,27,28,29);1H. The van der Waals surface area contributed by atoms with E-state index < -0.39 is 0 Å². The zero-order valence-electron chi connectivity index (χ0n) is 19.8. The Morgan fingerprint density at radius 3 is 2.67 bits per heavy atom. The second-order valence-electron chi connectivity index (χ2n) is 8.90. The van der Waals surface area contributed by atoms with Crippen molar-refractivity contribution >= 4 is 29.9 Å². The van der Waals surface area contributed by atoms with Crippen LogP contribution >= 0.6 is 24.0 Å². The Labute approximate surface area is 215 Å². The summed E-state index contributed by atoms with van der Waals surface area (Å²) in [6.45, 7) is 8.05. The Morgan fingerprint density at radius 2 is 1.94 bits per heavy atom. The molecule has 7 heteroatoms. The minimum atomic E-state index is 0. The van der Waals surface area contributed by atoms with Crippen LogP contribution in [-0.4, -0.2) is 56.8 Å². The molecule has 2 aromatic carbocycles. The maximum atomic E-state index is 6.16. The first-order valence-electron chi connectivity index (χ1n) is 11.8. The van der Waals surface area contributed by atoms with Crippen LogP contribution in [0.4, 0.5) is 0 Å². The van der Waals surface area contributed by atoms with Crippen LogP contribution in [0.1, 0.15) is 30.4 Å². The van der Waals surface area contributed by atoms with Crippen LogP contribution in [0.3, 0.4) is 0 Å². The Bertz CT molecular complexity index is 893. The van der Waals surface area contributed by atoms with Gasteiger partial charge in [-0.15, -0.1) is 24.0 Å². The highest BCUT2D eigenvalue weighted by atomic mass is 127. The molecule has 0 amide bonds. The fourth-order valence-corrected chi connectivity index (χ4v) is 4.47. The third-order valence-electron chi connectivity index (χ3n) is 6.33. The van der Waals surface area contributed by atoms with Crippen molar-refractivity contribution in [3.05, 3.63) is 59.7 Å². The van der Waals surface area contributed by atoms with Gasteiger partial charge in [0.15, 0.2) is 5.96 Å². The number of hydrogen-bond acceptors (Lipinski definition) is 4. The van der Waals surface area contributed by atoms with E-state index in [4.69, 9.17) is 9.47 Å². The van der Waals surface area contributed by atoms with Gasteiger partial charge >= 0.3 is 0 Å². The second kappa shape index (κ2) is 13.2. The first kappa shape index (κ1) is 25.8. The number of aryl methyl sites for hydroxylation is 1. The Kier molecular flexibility index (Phi) is 10.3. The molecule has 2 aliphatic heterocycles. The molecule has 0 saturated carbocycles. The third-order valence-corrected chi connectivity index (χ3v) is 6.33. The van der Waals surface area contributed by atoms with E-state index in [0.29, 0.717) is 12.6 Å². The van der Waals surface area contributed by atoms with Crippen molar-refractivity contribution in [2.24, 2.45) is 10.9 Å². The van der Waals surface area contributed by atoms with Gasteiger partial charge in [0, 0.05) is 51.4 Å². The molecule has 2 aliphatic rings. The van der Waals surface area contributed by atoms with E-state index in [9.17, 15) is 0 Å². The average molecular weight is 565 g/mol. The van der Waals surface area contributed by atoms with E-state index in [1.54, 1.807) is 0 Å². The number of benzene rings is 2. The molecular formula is C26H37IN4O2. The van der Waals surface area contributed by atoms with Gasteiger partial charge in [-0.05, 0) is 55.9 Å². The molecule has 6 nitrogen and oxygen atoms in total. The molecule has 2 N–H and O–H groups in total. The highest BCUT2D eigenvalue weighted by Crippen LogP contribution is 2.26. The van der Waals surface area contributed by atoms with Crippen molar-refractivity contribution in [2.75, 3.05) is 39.9 Å². The van der Waals surface area contributed by atoms with Crippen LogP contribution in [-0.2, 0) is 11.3 Å². The summed E-state index contributed by atoms with van der Waals surface area (Å²) in [6.07, 6.45) is 3.49. The molecule has 4 rings (SSSR count). The first-order valence-corrected chi connectivity index (χ1v) is 11.8. The Balaban J connectivity index is 0.00000306. The molecule has 0 radical (unpaired) electrons. The van der Waals surface area contributed by atoms with Crippen LogP contribution in [0.5, 0.6) is 11.5 Å². The van der Waals surface area contributed by atoms with Gasteiger partial charge in [0.25, 0.3) is 0 Å². The number of hydrogen-bond donors (Lipinski definition) is 2. The van der Waals surface area contributed by atoms with Gasteiger partial charge < -0.3 is 25.0 Å². The van der Waals surface area contributed by atoms with Gasteiger partial charge in [-0.2, -0.15) is 0 Å². The summed E-state index contributed by atoms with van der Waals surface area (Å²) >= 11 is 0. The van der Waals surface area contributed by atoms with E-state index in [2.05, 4.69) is 45.6 Å². The predicted octanol–water partition coefficient (Wildman–Crippen LogP) is 4.57. The summed E-state index contributed by atoms with van der Waals surface area (Å²) in [7, 11) is 1.83. The summed E-state index contributed by atoms with van der Waals surface area (Å²) in [5.41, 5.74) is 2.29. The molecule has 0 aliphatic carbocycles. The fourth-order valence-electron chi connectivity index (χ4n) is 4.47. The molecule has 2 saturated heterocycles. The van der Waals surface area contributed by atoms with Crippen LogP contribution in [0, 0.1) is 12.8 Å². The van der Waals surface area contributed by atoms with E-state index >= 15 is 0 Å². The molecule has 2 fully saturated rings. The average Bonchev–Trinajstić information content (AvgIpc) is 3.32. The molecule has 180 valence electrons. The zero-order valence-corrected chi connectivity index (χ0v) is 22.1. The van der Waals surface area contributed by atoms with Gasteiger partial charge in [0.1, 0.15) is 11.5 Å². The second-order valence-corrected chi connectivity index (χ2v) is 8.90. The summed E-state index contributed by atoms with van der Waals surface area (Å²) in [4.78, 5) is 7.04. The number of aliphatic imine (C=N–C) groups is 1. The fraction of sp³-hybridized carbons (Fsp3) is 0.500. The van der Waals surface area contributed by atoms with E-state index in [1.165, 1.54) is 18.5 Å². The number of likely N-dealkylation sites (tertiary alicyclic amines) is 1. The monoisotopic (exact) mass is 564 g/mol. The van der Waals surface area contributed by atoms with Crippen molar-refractivity contribution in [1.29, 1.82) is 0 Å². The number of nitrogens with zero attached hydrogens (tertiary/aromatic N) is 2. The minimum absolute atomic E-state index is 0. The number of para-hydroxylation sites is 1. The molecular weight excluding hydrogens is 527 g/mol. The predicted molar refractivity (Wildman–Crippen MR) is 145 cm³/mol. The van der Waals surface area contributed by atoms with Crippen molar-refractivity contribution in [3.8, 4) is 11.5 Å². The molecule has 33 heavy (non-hydrogen) atoms. The minimum Gasteiger partial charge on any atom is -0.457 e. The molecule has 2 heterocycles. The maximum Gasteiger partial charge on any atom is 0.191 e. The van der Waals surface area contributed by atoms with Crippen molar-refractivity contribution in [3.63, 3.8) is 0 Å². The van der Waals surface area contributed by atoms with Crippen molar-refractivity contribution < 1.29 is 9.47 Å². The number of piperidine rings is 1. The molecule has 0 aromatic heterocycles. The largest absolute Gasteiger partial charge is 0.457 e. The maximum absolute atomic E-state index is 6.16. The smallest absolute Gasteiger partial charge is 0.191 e. The SMILES string of the molecule is CN=C(NCc1ccccc1Oc1cccc(C)c1)NC1CCN(CC2CCOC2)CC1.I. The lowest BCUT2D eigenvalue weighted by molar-refractivity contribution is 0.150. The summed E-state index contributed by atoms with van der Waals surface area (Å²) < 4.78 is 11.7. The van der Waals surface area contributed by atoms with Gasteiger partial charge in [0.05, 0.1) is 6.61 Å². The third kappa shape index (κ3) is 7.86. The van der Waals surface area contributed by atoms with E-state index in [1.807, 2.05) is 37.4 Å². The summed E-state index contributed by atoms with van der Waals surface area (Å²) in [6, 6.07) is 16.7. The van der Waals surface area contributed by atoms with Gasteiger partial charge in [-0.25, -0.2) is 0 Å². The summed E-state index contributed by atoms with van der Waals surface area (Å²) in [5.74, 6) is 3.29. The van der Waals surface area contributed by atoms with Gasteiger partial charge in [0.2, 0.25) is 0 Å². The van der Waals surface area contributed by atoms with Crippen molar-refractivity contribution in [1.82, 2.24) is 15.5 Å². The normalized spacial score (nSPS) is 19.7. The lowest BCUT2D eigenvalue weighted by Gasteiger charge is -2.34. The highest BCUT2D eigenvalue weighted by Gasteiger charge is 2.24. The molecule has 0 bridgehead atoms. The van der Waals surface area contributed by atoms with Crippen LogP contribution in [0.15, 0.2) is 53.5 Å². The Hall–Kier alpha value is -1.84. The van der Waals surface area contributed by atoms with Crippen LogP contribution < -0.4 is 15.4 Å². The number of nitrogens with one attached hydrogen (secondary N) is 2. The molecule has 0 spiro atoms. The van der Waals surface area contributed by atoms with Crippen LogP contribution in [0.2, 0.25) is 0 Å². The van der Waals surface area contributed by atoms with Gasteiger partial charge in [-0.1, -0.05) is 30.3 Å². The van der Waals surface area contributed by atoms with Gasteiger partial charge in [-0.3, -0.25) is 4.99 Å². The topological polar surface area (TPSA) is 58.1 Å².